The summed E-state index contributed by atoms with van der Waals surface area (Å²) in [6.45, 7) is 3.22. The predicted molar refractivity (Wildman–Crippen MR) is 86.8 cm³/mol. The van der Waals surface area contributed by atoms with Crippen molar-refractivity contribution in [2.24, 2.45) is 0 Å². The van der Waals surface area contributed by atoms with Crippen LogP contribution in [0.1, 0.15) is 5.56 Å². The Kier molecular flexibility index (Phi) is 5.04. The maximum Gasteiger partial charge on any atom is 0.272 e. The van der Waals surface area contributed by atoms with Crippen LogP contribution in [0, 0.1) is 0 Å². The number of halogens is 2. The summed E-state index contributed by atoms with van der Waals surface area (Å²) in [5.74, 6) is 0.294. The molecule has 2 radical (unpaired) electrons. The number of hydrogen-bond donors (Lipinski definition) is 2. The van der Waals surface area contributed by atoms with Crippen LogP contribution in [0.25, 0.3) is 5.70 Å². The number of alkyl halides is 2. The number of nitrogens with one attached hydrogen (secondary N) is 1. The highest BCUT2D eigenvalue weighted by atomic mass is 19.3. The van der Waals surface area contributed by atoms with Crippen LogP contribution in [0.4, 0.5) is 20.2 Å². The second-order valence-electron chi connectivity index (χ2n) is 4.68. The van der Waals surface area contributed by atoms with Gasteiger partial charge < -0.3 is 15.8 Å². The maximum atomic E-state index is 12.3. The fourth-order valence-electron chi connectivity index (χ4n) is 1.87. The molecule has 0 aromatic heterocycles. The highest BCUT2D eigenvalue weighted by Crippen LogP contribution is 2.28. The van der Waals surface area contributed by atoms with Crippen molar-refractivity contribution >= 4 is 30.4 Å². The van der Waals surface area contributed by atoms with E-state index in [1.807, 2.05) is 0 Å². The van der Waals surface area contributed by atoms with E-state index < -0.39 is 13.0 Å². The molecule has 2 aromatic carbocycles. The fourth-order valence-corrected chi connectivity index (χ4v) is 1.87. The molecule has 3 N–H and O–H groups in total. The Morgan fingerprint density at radius 2 is 1.91 bits per heavy atom. The third kappa shape index (κ3) is 4.25. The molecule has 0 amide bonds. The Morgan fingerprint density at radius 3 is 2.55 bits per heavy atom. The van der Waals surface area contributed by atoms with Gasteiger partial charge in [0.05, 0.1) is 0 Å². The van der Waals surface area contributed by atoms with Crippen LogP contribution in [0.15, 0.2) is 49.0 Å². The van der Waals surface area contributed by atoms with Gasteiger partial charge in [-0.25, -0.2) is 8.78 Å². The van der Waals surface area contributed by atoms with Gasteiger partial charge in [0.25, 0.3) is 6.43 Å². The second-order valence-corrected chi connectivity index (χ2v) is 4.68. The molecule has 0 aliphatic heterocycles. The lowest BCUT2D eigenvalue weighted by molar-refractivity contribution is 0.0818. The van der Waals surface area contributed by atoms with Crippen molar-refractivity contribution in [2.75, 3.05) is 17.7 Å². The summed E-state index contributed by atoms with van der Waals surface area (Å²) < 4.78 is 29.7. The van der Waals surface area contributed by atoms with Gasteiger partial charge in [-0.15, -0.1) is 0 Å². The van der Waals surface area contributed by atoms with Crippen molar-refractivity contribution in [3.05, 3.63) is 54.6 Å². The van der Waals surface area contributed by atoms with E-state index in [1.54, 1.807) is 42.5 Å². The Morgan fingerprint density at radius 1 is 1.23 bits per heavy atom. The third-order valence-corrected chi connectivity index (χ3v) is 2.90. The van der Waals surface area contributed by atoms with E-state index in [-0.39, 0.29) is 0 Å². The zero-order chi connectivity index (χ0) is 16.1. The van der Waals surface area contributed by atoms with Crippen molar-refractivity contribution in [1.82, 2.24) is 0 Å². The lowest BCUT2D eigenvalue weighted by atomic mass is 9.96. The summed E-state index contributed by atoms with van der Waals surface area (Å²) in [6, 6.07) is 11.8. The number of anilines is 2. The van der Waals surface area contributed by atoms with Gasteiger partial charge in [-0.1, -0.05) is 24.2 Å². The van der Waals surface area contributed by atoms with E-state index in [1.165, 1.54) is 0 Å². The Bertz CT molecular complexity index is 660. The smallest absolute Gasteiger partial charge is 0.272 e. The van der Waals surface area contributed by atoms with E-state index in [2.05, 4.69) is 11.9 Å². The SMILES string of the molecule is [B]c1ccc(NC(=C)c2cc(N)ccc2OCC(F)F)cc1. The van der Waals surface area contributed by atoms with Crippen molar-refractivity contribution in [3.8, 4) is 5.75 Å². The number of nitrogen functional groups attached to an aromatic ring is 1. The minimum atomic E-state index is -2.55. The zero-order valence-corrected chi connectivity index (χ0v) is 11.9. The Balaban J connectivity index is 2.20. The van der Waals surface area contributed by atoms with Crippen LogP contribution in [0.2, 0.25) is 0 Å². The lowest BCUT2D eigenvalue weighted by Gasteiger charge is -2.15. The molecule has 0 heterocycles. The molecular weight excluding hydrogens is 285 g/mol. The molecule has 0 fully saturated rings. The van der Waals surface area contributed by atoms with Crippen molar-refractivity contribution < 1.29 is 13.5 Å². The molecule has 3 nitrogen and oxygen atoms in total. The quantitative estimate of drug-likeness (QED) is 0.637. The van der Waals surface area contributed by atoms with Crippen LogP contribution in [0.5, 0.6) is 5.75 Å². The van der Waals surface area contributed by atoms with E-state index in [0.29, 0.717) is 28.2 Å². The first-order valence-electron chi connectivity index (χ1n) is 6.58. The standard InChI is InChI=1S/C16H15BF2N2O/c1-10(21-13-5-2-11(17)3-6-13)14-8-12(20)4-7-15(14)22-9-16(18)19/h2-8,16,21H,1,9,20H2. The lowest BCUT2D eigenvalue weighted by Crippen LogP contribution is -2.10. The van der Waals surface area contributed by atoms with Gasteiger partial charge in [-0.3, -0.25) is 0 Å². The van der Waals surface area contributed by atoms with Crippen LogP contribution in [-0.2, 0) is 0 Å². The van der Waals surface area contributed by atoms with Gasteiger partial charge in [-0.2, -0.15) is 0 Å². The van der Waals surface area contributed by atoms with Crippen molar-refractivity contribution in [1.29, 1.82) is 0 Å². The second kappa shape index (κ2) is 6.98. The van der Waals surface area contributed by atoms with E-state index in [0.717, 1.165) is 5.69 Å². The molecule has 2 aromatic rings. The summed E-state index contributed by atoms with van der Waals surface area (Å²) in [7, 11) is 5.62. The van der Waals surface area contributed by atoms with Gasteiger partial charge in [-0.05, 0) is 30.3 Å². The molecule has 2 rings (SSSR count). The summed E-state index contributed by atoms with van der Waals surface area (Å²) in [5, 5.41) is 3.07. The molecule has 0 aliphatic rings. The molecule has 0 spiro atoms. The van der Waals surface area contributed by atoms with Gasteiger partial charge in [0, 0.05) is 22.6 Å². The molecule has 0 atom stereocenters. The summed E-state index contributed by atoms with van der Waals surface area (Å²) >= 11 is 0. The third-order valence-electron chi connectivity index (χ3n) is 2.90. The minimum absolute atomic E-state index is 0.294. The highest BCUT2D eigenvalue weighted by Gasteiger charge is 2.11. The first kappa shape index (κ1) is 15.9. The molecule has 0 unspecified atom stereocenters. The molecular formula is C16H15BF2N2O. The number of nitrogens with two attached hydrogens (primary N) is 1. The average Bonchev–Trinajstić information content (AvgIpc) is 2.48. The van der Waals surface area contributed by atoms with Crippen LogP contribution in [-0.4, -0.2) is 20.9 Å². The maximum absolute atomic E-state index is 12.3. The monoisotopic (exact) mass is 300 g/mol. The van der Waals surface area contributed by atoms with Crippen molar-refractivity contribution in [2.45, 2.75) is 6.43 Å². The molecule has 0 aliphatic carbocycles. The van der Waals surface area contributed by atoms with Crippen LogP contribution >= 0.6 is 0 Å². The molecule has 6 heteroatoms. The number of hydrogen-bond acceptors (Lipinski definition) is 3. The van der Waals surface area contributed by atoms with E-state index >= 15 is 0 Å². The number of rotatable bonds is 6. The largest absolute Gasteiger partial charge is 0.487 e. The normalized spacial score (nSPS) is 10.5. The van der Waals surface area contributed by atoms with E-state index in [4.69, 9.17) is 18.3 Å². The Labute approximate surface area is 129 Å². The van der Waals surface area contributed by atoms with Gasteiger partial charge in [0.1, 0.15) is 20.2 Å². The molecule has 0 saturated heterocycles. The number of benzene rings is 2. The zero-order valence-electron chi connectivity index (χ0n) is 11.9. The first-order chi connectivity index (χ1) is 10.5. The summed E-state index contributed by atoms with van der Waals surface area (Å²) in [4.78, 5) is 0. The van der Waals surface area contributed by atoms with Crippen molar-refractivity contribution in [3.63, 3.8) is 0 Å². The van der Waals surface area contributed by atoms with E-state index in [9.17, 15) is 8.78 Å². The topological polar surface area (TPSA) is 47.3 Å². The summed E-state index contributed by atoms with van der Waals surface area (Å²) in [6.07, 6.45) is -2.55. The molecule has 0 saturated carbocycles. The van der Waals surface area contributed by atoms with Crippen LogP contribution < -0.4 is 21.3 Å². The van der Waals surface area contributed by atoms with Gasteiger partial charge >= 0.3 is 0 Å². The molecule has 22 heavy (non-hydrogen) atoms. The predicted octanol–water partition coefficient (Wildman–Crippen LogP) is 2.79. The fraction of sp³-hybridized carbons (Fsp3) is 0.125. The average molecular weight is 300 g/mol. The molecule has 0 bridgehead atoms. The first-order valence-corrected chi connectivity index (χ1v) is 6.58. The number of ether oxygens (including phenoxy) is 1. The van der Waals surface area contributed by atoms with Gasteiger partial charge in [0.15, 0.2) is 0 Å². The van der Waals surface area contributed by atoms with Gasteiger partial charge in [0.2, 0.25) is 0 Å². The Hall–Kier alpha value is -2.50. The summed E-state index contributed by atoms with van der Waals surface area (Å²) in [5.41, 5.74) is 8.65. The minimum Gasteiger partial charge on any atom is -0.487 e. The highest BCUT2D eigenvalue weighted by molar-refractivity contribution is 6.32. The molecule has 112 valence electrons. The van der Waals surface area contributed by atoms with Crippen LogP contribution in [0.3, 0.4) is 0 Å².